The number of nitrogens with zero attached hydrogens (tertiary/aromatic N) is 1. The van der Waals surface area contributed by atoms with Crippen molar-refractivity contribution in [2.45, 2.75) is 13.8 Å². The molecule has 0 spiro atoms. The molecule has 1 amide bonds. The van der Waals surface area contributed by atoms with E-state index in [1.807, 2.05) is 32.0 Å². The largest absolute Gasteiger partial charge is 0.383 e. The Kier molecular flexibility index (Phi) is 6.53. The maximum atomic E-state index is 12.4. The molecule has 106 valence electrons. The predicted molar refractivity (Wildman–Crippen MR) is 75.6 cm³/mol. The number of methoxy groups -OCH3 is 2. The number of carbonyl (C=O) groups is 1. The van der Waals surface area contributed by atoms with Crippen LogP contribution in [0.4, 0.5) is 0 Å². The molecule has 0 atom stereocenters. The SMILES string of the molecule is COCCN(CCOC)C(=O)c1ccc(C)c(C)c1. The molecule has 1 rings (SSSR count). The molecule has 0 heterocycles. The molecule has 1 aromatic carbocycles. The first-order valence-corrected chi connectivity index (χ1v) is 6.44. The summed E-state index contributed by atoms with van der Waals surface area (Å²) >= 11 is 0. The summed E-state index contributed by atoms with van der Waals surface area (Å²) in [6, 6.07) is 5.79. The Balaban J connectivity index is 2.81. The second kappa shape index (κ2) is 7.92. The molecule has 0 aliphatic carbocycles. The van der Waals surface area contributed by atoms with Crippen LogP contribution in [0.1, 0.15) is 21.5 Å². The van der Waals surface area contributed by atoms with E-state index in [0.717, 1.165) is 11.1 Å². The summed E-state index contributed by atoms with van der Waals surface area (Å²) in [6.07, 6.45) is 0. The van der Waals surface area contributed by atoms with Gasteiger partial charge in [0.1, 0.15) is 0 Å². The van der Waals surface area contributed by atoms with Crippen LogP contribution in [0.15, 0.2) is 18.2 Å². The fraction of sp³-hybridized carbons (Fsp3) is 0.533. The Labute approximate surface area is 115 Å². The number of amides is 1. The maximum Gasteiger partial charge on any atom is 0.254 e. The third-order valence-corrected chi connectivity index (χ3v) is 3.17. The third-order valence-electron chi connectivity index (χ3n) is 3.17. The summed E-state index contributed by atoms with van der Waals surface area (Å²) in [7, 11) is 3.27. The van der Waals surface area contributed by atoms with Crippen LogP contribution in [0.25, 0.3) is 0 Å². The molecule has 0 aliphatic rings. The highest BCUT2D eigenvalue weighted by atomic mass is 16.5. The number of ether oxygens (including phenoxy) is 2. The van der Waals surface area contributed by atoms with E-state index in [1.54, 1.807) is 19.1 Å². The van der Waals surface area contributed by atoms with E-state index in [-0.39, 0.29) is 5.91 Å². The van der Waals surface area contributed by atoms with Gasteiger partial charge in [-0.2, -0.15) is 0 Å². The van der Waals surface area contributed by atoms with Gasteiger partial charge in [0.2, 0.25) is 0 Å². The topological polar surface area (TPSA) is 38.8 Å². The zero-order valence-corrected chi connectivity index (χ0v) is 12.2. The number of rotatable bonds is 7. The van der Waals surface area contributed by atoms with Gasteiger partial charge in [0.15, 0.2) is 0 Å². The zero-order chi connectivity index (χ0) is 14.3. The van der Waals surface area contributed by atoms with Gasteiger partial charge in [-0.15, -0.1) is 0 Å². The van der Waals surface area contributed by atoms with Crippen LogP contribution in [-0.2, 0) is 9.47 Å². The minimum absolute atomic E-state index is 0.0252. The van der Waals surface area contributed by atoms with Crippen LogP contribution in [-0.4, -0.2) is 51.3 Å². The Hall–Kier alpha value is -1.39. The second-order valence-corrected chi connectivity index (χ2v) is 4.58. The van der Waals surface area contributed by atoms with Gasteiger partial charge in [-0.1, -0.05) is 6.07 Å². The lowest BCUT2D eigenvalue weighted by atomic mass is 10.1. The summed E-state index contributed by atoms with van der Waals surface area (Å²) < 4.78 is 10.1. The highest BCUT2D eigenvalue weighted by Crippen LogP contribution is 2.12. The Bertz CT molecular complexity index is 410. The van der Waals surface area contributed by atoms with Gasteiger partial charge < -0.3 is 14.4 Å². The number of hydrogen-bond acceptors (Lipinski definition) is 3. The molecule has 19 heavy (non-hydrogen) atoms. The molecule has 0 saturated carbocycles. The van der Waals surface area contributed by atoms with Crippen LogP contribution >= 0.6 is 0 Å². The average Bonchev–Trinajstić information content (AvgIpc) is 2.41. The molecule has 0 aliphatic heterocycles. The maximum absolute atomic E-state index is 12.4. The summed E-state index contributed by atoms with van der Waals surface area (Å²) in [5.41, 5.74) is 3.04. The van der Waals surface area contributed by atoms with Crippen molar-refractivity contribution in [1.29, 1.82) is 0 Å². The van der Waals surface area contributed by atoms with Crippen molar-refractivity contribution in [3.63, 3.8) is 0 Å². The molecule has 0 N–H and O–H groups in total. The van der Waals surface area contributed by atoms with Gasteiger partial charge in [-0.3, -0.25) is 4.79 Å². The van der Waals surface area contributed by atoms with Gasteiger partial charge in [0.05, 0.1) is 13.2 Å². The van der Waals surface area contributed by atoms with Crippen molar-refractivity contribution >= 4 is 5.91 Å². The normalized spacial score (nSPS) is 10.5. The van der Waals surface area contributed by atoms with Crippen molar-refractivity contribution < 1.29 is 14.3 Å². The van der Waals surface area contributed by atoms with E-state index < -0.39 is 0 Å². The van der Waals surface area contributed by atoms with Crippen molar-refractivity contribution in [2.75, 3.05) is 40.5 Å². The quantitative estimate of drug-likeness (QED) is 0.757. The zero-order valence-electron chi connectivity index (χ0n) is 12.2. The lowest BCUT2D eigenvalue weighted by Gasteiger charge is -2.22. The first-order chi connectivity index (χ1) is 9.10. The monoisotopic (exact) mass is 265 g/mol. The minimum Gasteiger partial charge on any atom is -0.383 e. The van der Waals surface area contributed by atoms with Gasteiger partial charge in [0.25, 0.3) is 5.91 Å². The summed E-state index contributed by atoms with van der Waals surface area (Å²) in [5.74, 6) is 0.0252. The van der Waals surface area contributed by atoms with Crippen LogP contribution < -0.4 is 0 Å². The first-order valence-electron chi connectivity index (χ1n) is 6.44. The van der Waals surface area contributed by atoms with Gasteiger partial charge >= 0.3 is 0 Å². The Morgan fingerprint density at radius 1 is 1.05 bits per heavy atom. The smallest absolute Gasteiger partial charge is 0.254 e. The number of hydrogen-bond donors (Lipinski definition) is 0. The lowest BCUT2D eigenvalue weighted by molar-refractivity contribution is 0.0627. The standard InChI is InChI=1S/C15H23NO3/c1-12-5-6-14(11-13(12)2)15(17)16(7-9-18-3)8-10-19-4/h5-6,11H,7-10H2,1-4H3. The minimum atomic E-state index is 0.0252. The number of aryl methyl sites for hydroxylation is 2. The van der Waals surface area contributed by atoms with Crippen LogP contribution in [0.2, 0.25) is 0 Å². The predicted octanol–water partition coefficient (Wildman–Crippen LogP) is 2.04. The van der Waals surface area contributed by atoms with Crippen molar-refractivity contribution in [2.24, 2.45) is 0 Å². The van der Waals surface area contributed by atoms with E-state index >= 15 is 0 Å². The molecular weight excluding hydrogens is 242 g/mol. The first kappa shape index (κ1) is 15.7. The molecule has 0 bridgehead atoms. The molecule has 0 aromatic heterocycles. The molecule has 0 radical (unpaired) electrons. The fourth-order valence-corrected chi connectivity index (χ4v) is 1.77. The molecule has 1 aromatic rings. The van der Waals surface area contributed by atoms with Gasteiger partial charge in [-0.25, -0.2) is 0 Å². The van der Waals surface area contributed by atoms with E-state index in [2.05, 4.69) is 0 Å². The van der Waals surface area contributed by atoms with Gasteiger partial charge in [-0.05, 0) is 37.1 Å². The van der Waals surface area contributed by atoms with Crippen LogP contribution in [0.5, 0.6) is 0 Å². The Morgan fingerprint density at radius 3 is 2.11 bits per heavy atom. The van der Waals surface area contributed by atoms with Crippen LogP contribution in [0.3, 0.4) is 0 Å². The van der Waals surface area contributed by atoms with Crippen molar-refractivity contribution in [1.82, 2.24) is 4.90 Å². The third kappa shape index (κ3) is 4.65. The van der Waals surface area contributed by atoms with E-state index in [0.29, 0.717) is 26.3 Å². The number of carbonyl (C=O) groups excluding carboxylic acids is 1. The Morgan fingerprint density at radius 2 is 1.63 bits per heavy atom. The molecule has 0 saturated heterocycles. The molecule has 4 nitrogen and oxygen atoms in total. The highest BCUT2D eigenvalue weighted by molar-refractivity contribution is 5.94. The number of benzene rings is 1. The fourth-order valence-electron chi connectivity index (χ4n) is 1.77. The van der Waals surface area contributed by atoms with E-state index in [9.17, 15) is 4.79 Å². The molecule has 0 fully saturated rings. The van der Waals surface area contributed by atoms with E-state index in [1.165, 1.54) is 5.56 Å². The highest BCUT2D eigenvalue weighted by Gasteiger charge is 2.15. The average molecular weight is 265 g/mol. The molecule has 4 heteroatoms. The van der Waals surface area contributed by atoms with E-state index in [4.69, 9.17) is 9.47 Å². The molecular formula is C15H23NO3. The summed E-state index contributed by atoms with van der Waals surface area (Å²) in [6.45, 7) is 6.26. The summed E-state index contributed by atoms with van der Waals surface area (Å²) in [4.78, 5) is 14.2. The summed E-state index contributed by atoms with van der Waals surface area (Å²) in [5, 5.41) is 0. The van der Waals surface area contributed by atoms with Crippen LogP contribution in [0, 0.1) is 13.8 Å². The van der Waals surface area contributed by atoms with Crippen molar-refractivity contribution in [3.8, 4) is 0 Å². The molecule has 0 unspecified atom stereocenters. The second-order valence-electron chi connectivity index (χ2n) is 4.58. The lowest BCUT2D eigenvalue weighted by Crippen LogP contribution is -2.36. The van der Waals surface area contributed by atoms with Gasteiger partial charge in [0, 0.05) is 32.9 Å². The van der Waals surface area contributed by atoms with Crippen molar-refractivity contribution in [3.05, 3.63) is 34.9 Å².